The molecule has 83 heavy (non-hydrogen) atoms. The molecule has 6 nitrogen and oxygen atoms in total. The summed E-state index contributed by atoms with van der Waals surface area (Å²) in [6, 6.07) is 0. The summed E-state index contributed by atoms with van der Waals surface area (Å²) < 4.78 is 17.0. The summed E-state index contributed by atoms with van der Waals surface area (Å²) >= 11 is 0. The predicted molar refractivity (Wildman–Crippen MR) is 362 cm³/mol. The average molecular weight is 1150 g/mol. The zero-order valence-electron chi connectivity index (χ0n) is 54.4. The molecule has 0 heterocycles. The minimum atomic E-state index is -0.791. The Bertz CT molecular complexity index is 1700. The fraction of sp³-hybridized carbons (Fsp3) is 0.701. The van der Waals surface area contributed by atoms with Crippen molar-refractivity contribution in [3.8, 4) is 0 Å². The molecule has 0 aromatic heterocycles. The summed E-state index contributed by atoms with van der Waals surface area (Å²) in [6.45, 7) is 6.50. The van der Waals surface area contributed by atoms with Gasteiger partial charge in [0.2, 0.25) is 0 Å². The van der Waals surface area contributed by atoms with Crippen molar-refractivity contribution in [1.82, 2.24) is 0 Å². The molecular formula is C77H130O6. The molecule has 0 fully saturated rings. The molecule has 0 N–H and O–H groups in total. The van der Waals surface area contributed by atoms with Crippen LogP contribution < -0.4 is 0 Å². The first-order valence-corrected chi connectivity index (χ1v) is 35.0. The van der Waals surface area contributed by atoms with Crippen LogP contribution in [0.5, 0.6) is 0 Å². The fourth-order valence-electron chi connectivity index (χ4n) is 9.68. The van der Waals surface area contributed by atoms with Gasteiger partial charge in [-0.3, -0.25) is 14.4 Å². The zero-order chi connectivity index (χ0) is 59.9. The number of unbranched alkanes of at least 4 members (excludes halogenated alkanes) is 32. The number of ether oxygens (including phenoxy) is 3. The van der Waals surface area contributed by atoms with Gasteiger partial charge >= 0.3 is 17.9 Å². The second kappa shape index (κ2) is 70.3. The van der Waals surface area contributed by atoms with E-state index < -0.39 is 6.10 Å². The van der Waals surface area contributed by atoms with Crippen LogP contribution in [0.1, 0.15) is 329 Å². The number of esters is 3. The van der Waals surface area contributed by atoms with Crippen LogP contribution in [0.4, 0.5) is 0 Å². The van der Waals surface area contributed by atoms with E-state index in [4.69, 9.17) is 14.2 Å². The van der Waals surface area contributed by atoms with Crippen molar-refractivity contribution in [3.05, 3.63) is 122 Å². The quantitative estimate of drug-likeness (QED) is 0.0261. The minimum Gasteiger partial charge on any atom is -0.462 e. The Kier molecular flexibility index (Phi) is 66.7. The summed E-state index contributed by atoms with van der Waals surface area (Å²) in [6.07, 6.45) is 97.7. The third-order valence-corrected chi connectivity index (χ3v) is 14.9. The lowest BCUT2D eigenvalue weighted by atomic mass is 10.1. The fourth-order valence-corrected chi connectivity index (χ4v) is 9.68. The molecule has 0 aliphatic rings. The maximum absolute atomic E-state index is 13.0. The molecule has 1 unspecified atom stereocenters. The Morgan fingerprint density at radius 2 is 0.470 bits per heavy atom. The molecular weight excluding hydrogens is 1020 g/mol. The Balaban J connectivity index is 4.40. The molecule has 0 radical (unpaired) electrons. The van der Waals surface area contributed by atoms with Crippen molar-refractivity contribution in [1.29, 1.82) is 0 Å². The number of carbonyl (C=O) groups excluding carboxylic acids is 3. The van der Waals surface area contributed by atoms with E-state index in [-0.39, 0.29) is 31.1 Å². The summed E-state index contributed by atoms with van der Waals surface area (Å²) in [5.74, 6) is -0.891. The first-order valence-electron chi connectivity index (χ1n) is 35.0. The Morgan fingerprint density at radius 3 is 0.735 bits per heavy atom. The molecule has 0 aromatic carbocycles. The molecule has 0 amide bonds. The van der Waals surface area contributed by atoms with Crippen molar-refractivity contribution >= 4 is 17.9 Å². The van der Waals surface area contributed by atoms with E-state index >= 15 is 0 Å². The van der Waals surface area contributed by atoms with Crippen LogP contribution in [0.3, 0.4) is 0 Å². The molecule has 6 heteroatoms. The first kappa shape index (κ1) is 78.8. The van der Waals surface area contributed by atoms with E-state index in [0.29, 0.717) is 19.3 Å². The highest BCUT2D eigenvalue weighted by Gasteiger charge is 2.19. The topological polar surface area (TPSA) is 78.9 Å². The maximum Gasteiger partial charge on any atom is 0.306 e. The van der Waals surface area contributed by atoms with Gasteiger partial charge in [-0.25, -0.2) is 0 Å². The van der Waals surface area contributed by atoms with E-state index in [1.165, 1.54) is 173 Å². The van der Waals surface area contributed by atoms with Crippen LogP contribution in [-0.2, 0) is 28.6 Å². The second-order valence-corrected chi connectivity index (χ2v) is 23.1. The van der Waals surface area contributed by atoms with E-state index in [0.717, 1.165) is 116 Å². The lowest BCUT2D eigenvalue weighted by Gasteiger charge is -2.18. The number of allylic oxidation sites excluding steroid dienone is 20. The van der Waals surface area contributed by atoms with Gasteiger partial charge in [0.25, 0.3) is 0 Å². The second-order valence-electron chi connectivity index (χ2n) is 23.1. The van der Waals surface area contributed by atoms with Crippen molar-refractivity contribution < 1.29 is 28.6 Å². The first-order chi connectivity index (χ1) is 41.0. The van der Waals surface area contributed by atoms with Gasteiger partial charge in [-0.15, -0.1) is 0 Å². The van der Waals surface area contributed by atoms with Gasteiger partial charge in [-0.05, 0) is 135 Å². The number of carbonyl (C=O) groups is 3. The molecule has 0 aliphatic heterocycles. The maximum atomic E-state index is 13.0. The highest BCUT2D eigenvalue weighted by atomic mass is 16.6. The summed E-state index contributed by atoms with van der Waals surface area (Å²) in [5.41, 5.74) is 0. The van der Waals surface area contributed by atoms with Crippen LogP contribution >= 0.6 is 0 Å². The van der Waals surface area contributed by atoms with Gasteiger partial charge in [-0.2, -0.15) is 0 Å². The van der Waals surface area contributed by atoms with Crippen LogP contribution in [0.2, 0.25) is 0 Å². The number of rotatable bonds is 63. The highest BCUT2D eigenvalue weighted by Crippen LogP contribution is 2.16. The molecule has 0 bridgehead atoms. The smallest absolute Gasteiger partial charge is 0.306 e. The van der Waals surface area contributed by atoms with E-state index in [1.807, 2.05) is 0 Å². The van der Waals surface area contributed by atoms with Gasteiger partial charge in [0.1, 0.15) is 13.2 Å². The van der Waals surface area contributed by atoms with Crippen molar-refractivity contribution in [2.75, 3.05) is 13.2 Å². The molecule has 474 valence electrons. The zero-order valence-corrected chi connectivity index (χ0v) is 54.4. The van der Waals surface area contributed by atoms with E-state index in [9.17, 15) is 14.4 Å². The standard InChI is InChI=1S/C77H130O6/c1-4-7-10-13-16-19-22-25-28-31-34-35-36-37-38-39-40-41-44-46-49-52-55-58-61-64-67-70-76(79)82-73-74(83-77(80)71-68-65-62-59-56-53-50-47-43-33-30-27-24-21-18-15-12-9-6-3)72-81-75(78)69-66-63-60-57-54-51-48-45-42-32-29-26-23-20-17-14-11-8-5-2/h7,10,16-21,25-30,34-35,37-38,40-41,74H,4-6,8-9,11-15,22-24,31-33,36,39,42-73H2,1-3H3/b10-7-,19-16-,20-17-,21-18-,28-25-,29-26-,30-27-,35-34-,38-37-,41-40-. The molecule has 0 saturated heterocycles. The molecule has 0 aliphatic carbocycles. The molecule has 0 spiro atoms. The predicted octanol–water partition coefficient (Wildman–Crippen LogP) is 24.3. The van der Waals surface area contributed by atoms with Crippen molar-refractivity contribution in [3.63, 3.8) is 0 Å². The van der Waals surface area contributed by atoms with Crippen molar-refractivity contribution in [2.24, 2.45) is 0 Å². The third kappa shape index (κ3) is 68.5. The summed E-state index contributed by atoms with van der Waals surface area (Å²) in [7, 11) is 0. The largest absolute Gasteiger partial charge is 0.462 e. The molecule has 0 saturated carbocycles. The van der Waals surface area contributed by atoms with Crippen LogP contribution in [-0.4, -0.2) is 37.2 Å². The SMILES string of the molecule is CC/C=C\C/C=C\C/C=C\C/C=C\C/C=C\C/C=C\CCCCCCCCCCC(=O)OCC(COC(=O)CCCCCCCCCCC/C=C\C/C=C\CCCCC)OC(=O)CCCCCCCCCCC/C=C\C/C=C\CCCCC. The summed E-state index contributed by atoms with van der Waals surface area (Å²) in [4.78, 5) is 38.5. The molecule has 0 rings (SSSR count). The number of hydrogen-bond donors (Lipinski definition) is 0. The van der Waals surface area contributed by atoms with Crippen LogP contribution in [0, 0.1) is 0 Å². The minimum absolute atomic E-state index is 0.0853. The lowest BCUT2D eigenvalue weighted by molar-refractivity contribution is -0.167. The van der Waals surface area contributed by atoms with E-state index in [1.54, 1.807) is 0 Å². The Labute approximate surface area is 513 Å². The van der Waals surface area contributed by atoms with Crippen LogP contribution in [0.15, 0.2) is 122 Å². The number of hydrogen-bond acceptors (Lipinski definition) is 6. The van der Waals surface area contributed by atoms with Gasteiger partial charge in [0.05, 0.1) is 0 Å². The van der Waals surface area contributed by atoms with Crippen molar-refractivity contribution in [2.45, 2.75) is 335 Å². The van der Waals surface area contributed by atoms with Crippen LogP contribution in [0.25, 0.3) is 0 Å². The van der Waals surface area contributed by atoms with Gasteiger partial charge in [0, 0.05) is 19.3 Å². The Hall–Kier alpha value is -4.19. The van der Waals surface area contributed by atoms with Gasteiger partial charge in [-0.1, -0.05) is 296 Å². The molecule has 1 atom stereocenters. The monoisotopic (exact) mass is 1150 g/mol. The molecule has 0 aromatic rings. The van der Waals surface area contributed by atoms with Gasteiger partial charge < -0.3 is 14.2 Å². The lowest BCUT2D eigenvalue weighted by Crippen LogP contribution is -2.30. The normalized spacial score (nSPS) is 12.9. The van der Waals surface area contributed by atoms with Gasteiger partial charge in [0.15, 0.2) is 6.10 Å². The summed E-state index contributed by atoms with van der Waals surface area (Å²) in [5, 5.41) is 0. The Morgan fingerprint density at radius 1 is 0.253 bits per heavy atom. The highest BCUT2D eigenvalue weighted by molar-refractivity contribution is 5.71. The third-order valence-electron chi connectivity index (χ3n) is 14.9. The van der Waals surface area contributed by atoms with E-state index in [2.05, 4.69) is 142 Å². The average Bonchev–Trinajstić information content (AvgIpc) is 3.50.